The maximum absolute atomic E-state index is 15.1. The van der Waals surface area contributed by atoms with Crippen LogP contribution in [0.1, 0.15) is 75.7 Å². The van der Waals surface area contributed by atoms with Gasteiger partial charge in [-0.2, -0.15) is 0 Å². The van der Waals surface area contributed by atoms with Gasteiger partial charge in [0, 0.05) is 22.6 Å². The summed E-state index contributed by atoms with van der Waals surface area (Å²) in [5.74, 6) is -1.68. The molecular formula is C34H39F3O2. The van der Waals surface area contributed by atoms with E-state index in [0.717, 1.165) is 32.1 Å². The second-order valence-corrected chi connectivity index (χ2v) is 10.5. The second kappa shape index (κ2) is 14.5. The minimum Gasteiger partial charge on any atom is -0.348 e. The standard InChI is InChI=1S/C34H39F3O2/c1-3-5-7-8-9-10-12-27-17-20-30(33(37)32(27)36)26-15-13-25(14-16-26)29-19-18-28(21-31(29)35)34-38-22-24(23-39-34)11-6-4-2/h4,13-21,24,34H,2-3,5-12,22-23H2,1H3. The van der Waals surface area contributed by atoms with E-state index in [1.807, 2.05) is 6.08 Å². The van der Waals surface area contributed by atoms with Crippen molar-refractivity contribution in [3.8, 4) is 22.3 Å². The summed E-state index contributed by atoms with van der Waals surface area (Å²) in [5, 5.41) is 0. The lowest BCUT2D eigenvalue weighted by Gasteiger charge is -2.29. The van der Waals surface area contributed by atoms with Crippen LogP contribution in [-0.2, 0) is 15.9 Å². The number of aryl methyl sites for hydroxylation is 1. The van der Waals surface area contributed by atoms with Crippen molar-refractivity contribution in [2.75, 3.05) is 13.2 Å². The zero-order chi connectivity index (χ0) is 27.6. The lowest BCUT2D eigenvalue weighted by Crippen LogP contribution is -2.27. The molecule has 0 N–H and O–H groups in total. The fourth-order valence-corrected chi connectivity index (χ4v) is 5.10. The highest BCUT2D eigenvalue weighted by atomic mass is 19.2. The van der Waals surface area contributed by atoms with E-state index in [-0.39, 0.29) is 5.56 Å². The summed E-state index contributed by atoms with van der Waals surface area (Å²) in [6.45, 7) is 7.06. The highest BCUT2D eigenvalue weighted by Crippen LogP contribution is 2.33. The van der Waals surface area contributed by atoms with Crippen LogP contribution in [0.2, 0.25) is 0 Å². The normalized spacial score (nSPS) is 17.3. The van der Waals surface area contributed by atoms with Gasteiger partial charge in [0.05, 0.1) is 13.2 Å². The van der Waals surface area contributed by atoms with Crippen molar-refractivity contribution in [1.82, 2.24) is 0 Å². The Labute approximate surface area is 230 Å². The van der Waals surface area contributed by atoms with E-state index in [0.29, 0.717) is 53.4 Å². The van der Waals surface area contributed by atoms with Gasteiger partial charge in [-0.1, -0.05) is 93.6 Å². The highest BCUT2D eigenvalue weighted by Gasteiger charge is 2.24. The summed E-state index contributed by atoms with van der Waals surface area (Å²) in [6.07, 6.45) is 10.3. The first-order valence-electron chi connectivity index (χ1n) is 14.2. The van der Waals surface area contributed by atoms with Crippen molar-refractivity contribution < 1.29 is 22.6 Å². The Morgan fingerprint density at radius 1 is 0.795 bits per heavy atom. The van der Waals surface area contributed by atoms with Crippen LogP contribution in [0.15, 0.2) is 67.3 Å². The third kappa shape index (κ3) is 7.61. The summed E-state index contributed by atoms with van der Waals surface area (Å²) >= 11 is 0. The van der Waals surface area contributed by atoms with Crippen molar-refractivity contribution in [2.24, 2.45) is 5.92 Å². The van der Waals surface area contributed by atoms with Gasteiger partial charge in [0.25, 0.3) is 0 Å². The van der Waals surface area contributed by atoms with Crippen LogP contribution in [0, 0.1) is 23.4 Å². The Morgan fingerprint density at radius 3 is 2.10 bits per heavy atom. The van der Waals surface area contributed by atoms with Gasteiger partial charge in [-0.05, 0) is 48.4 Å². The van der Waals surface area contributed by atoms with E-state index in [1.54, 1.807) is 48.5 Å². The zero-order valence-corrected chi connectivity index (χ0v) is 22.9. The predicted octanol–water partition coefficient (Wildman–Crippen LogP) is 9.97. The minimum atomic E-state index is -0.832. The molecule has 2 nitrogen and oxygen atoms in total. The van der Waals surface area contributed by atoms with Gasteiger partial charge >= 0.3 is 0 Å². The van der Waals surface area contributed by atoms with Crippen LogP contribution >= 0.6 is 0 Å². The molecule has 39 heavy (non-hydrogen) atoms. The minimum absolute atomic E-state index is 0.208. The topological polar surface area (TPSA) is 18.5 Å². The third-order valence-corrected chi connectivity index (χ3v) is 7.48. The molecule has 0 amide bonds. The molecule has 4 rings (SSSR count). The number of unbranched alkanes of at least 4 members (excludes halogenated alkanes) is 5. The first kappa shape index (κ1) is 29.1. The van der Waals surface area contributed by atoms with Gasteiger partial charge in [-0.3, -0.25) is 0 Å². The second-order valence-electron chi connectivity index (χ2n) is 10.5. The lowest BCUT2D eigenvalue weighted by atomic mass is 9.96. The number of benzene rings is 3. The largest absolute Gasteiger partial charge is 0.348 e. The average molecular weight is 537 g/mol. The van der Waals surface area contributed by atoms with Crippen LogP contribution in [0.3, 0.4) is 0 Å². The number of ether oxygens (including phenoxy) is 2. The summed E-state index contributed by atoms with van der Waals surface area (Å²) < 4.78 is 56.5. The molecule has 3 aromatic rings. The average Bonchev–Trinajstić information content (AvgIpc) is 2.96. The zero-order valence-electron chi connectivity index (χ0n) is 22.9. The maximum atomic E-state index is 15.1. The summed E-state index contributed by atoms with van der Waals surface area (Å²) in [4.78, 5) is 0. The van der Waals surface area contributed by atoms with Crippen LogP contribution in [0.4, 0.5) is 13.2 Å². The Morgan fingerprint density at radius 2 is 1.44 bits per heavy atom. The Balaban J connectivity index is 1.39. The number of allylic oxidation sites excluding steroid dienone is 1. The van der Waals surface area contributed by atoms with Crippen molar-refractivity contribution in [2.45, 2.75) is 71.0 Å². The molecule has 1 heterocycles. The first-order valence-corrected chi connectivity index (χ1v) is 14.2. The Kier molecular flexibility index (Phi) is 10.8. The Bertz CT molecular complexity index is 1210. The summed E-state index contributed by atoms with van der Waals surface area (Å²) in [7, 11) is 0. The predicted molar refractivity (Wildman–Crippen MR) is 152 cm³/mol. The molecule has 1 fully saturated rings. The van der Waals surface area contributed by atoms with E-state index in [2.05, 4.69) is 13.5 Å². The van der Waals surface area contributed by atoms with Crippen molar-refractivity contribution in [3.05, 3.63) is 95.8 Å². The van der Waals surface area contributed by atoms with Crippen molar-refractivity contribution in [3.63, 3.8) is 0 Å². The van der Waals surface area contributed by atoms with Gasteiger partial charge in [-0.25, -0.2) is 13.2 Å². The summed E-state index contributed by atoms with van der Waals surface area (Å²) in [6, 6.07) is 15.1. The number of rotatable bonds is 13. The molecule has 0 spiro atoms. The molecular weight excluding hydrogens is 497 g/mol. The van der Waals surface area contributed by atoms with Crippen LogP contribution in [0.5, 0.6) is 0 Å². The number of hydrogen-bond acceptors (Lipinski definition) is 2. The maximum Gasteiger partial charge on any atom is 0.183 e. The molecule has 0 unspecified atom stereocenters. The van der Waals surface area contributed by atoms with E-state index in [9.17, 15) is 8.78 Å². The molecule has 0 bridgehead atoms. The molecule has 3 aromatic carbocycles. The fourth-order valence-electron chi connectivity index (χ4n) is 5.10. The molecule has 1 saturated heterocycles. The van der Waals surface area contributed by atoms with E-state index in [4.69, 9.17) is 9.47 Å². The quantitative estimate of drug-likeness (QED) is 0.160. The Hall–Kier alpha value is -2.89. The molecule has 0 radical (unpaired) electrons. The highest BCUT2D eigenvalue weighted by molar-refractivity contribution is 5.71. The smallest absolute Gasteiger partial charge is 0.183 e. The molecule has 0 aliphatic carbocycles. The fraction of sp³-hybridized carbons (Fsp3) is 0.412. The monoisotopic (exact) mass is 536 g/mol. The molecule has 5 heteroatoms. The van der Waals surface area contributed by atoms with E-state index in [1.165, 1.54) is 25.3 Å². The van der Waals surface area contributed by atoms with Gasteiger partial charge in [0.2, 0.25) is 0 Å². The van der Waals surface area contributed by atoms with Crippen molar-refractivity contribution in [1.29, 1.82) is 0 Å². The van der Waals surface area contributed by atoms with E-state index >= 15 is 4.39 Å². The summed E-state index contributed by atoms with van der Waals surface area (Å²) in [5.41, 5.74) is 2.88. The molecule has 1 aliphatic heterocycles. The first-order chi connectivity index (χ1) is 19.0. The van der Waals surface area contributed by atoms with Crippen LogP contribution < -0.4 is 0 Å². The van der Waals surface area contributed by atoms with Gasteiger partial charge in [0.1, 0.15) is 5.82 Å². The molecule has 1 aliphatic rings. The van der Waals surface area contributed by atoms with Crippen molar-refractivity contribution >= 4 is 0 Å². The number of hydrogen-bond donors (Lipinski definition) is 0. The third-order valence-electron chi connectivity index (χ3n) is 7.48. The van der Waals surface area contributed by atoms with Gasteiger partial charge in [0.15, 0.2) is 17.9 Å². The number of halogens is 3. The molecule has 208 valence electrons. The molecule has 0 saturated carbocycles. The molecule has 0 atom stereocenters. The van der Waals surface area contributed by atoms with Crippen LogP contribution in [0.25, 0.3) is 22.3 Å². The van der Waals surface area contributed by atoms with Gasteiger partial charge < -0.3 is 9.47 Å². The molecule has 0 aromatic heterocycles. The lowest BCUT2D eigenvalue weighted by molar-refractivity contribution is -0.205. The van der Waals surface area contributed by atoms with E-state index < -0.39 is 23.7 Å². The van der Waals surface area contributed by atoms with Crippen LogP contribution in [-0.4, -0.2) is 13.2 Å². The van der Waals surface area contributed by atoms with Gasteiger partial charge in [-0.15, -0.1) is 6.58 Å². The SMILES string of the molecule is C=CCCC1COC(c2ccc(-c3ccc(-c4ccc(CCCCCCCC)c(F)c4F)cc3)c(F)c2)OC1.